The van der Waals surface area contributed by atoms with Crippen molar-refractivity contribution in [3.05, 3.63) is 71.4 Å². The van der Waals surface area contributed by atoms with Crippen molar-refractivity contribution in [3.63, 3.8) is 0 Å². The molecular formula is C16H11F2N3O. The Labute approximate surface area is 124 Å². The van der Waals surface area contributed by atoms with Crippen LogP contribution >= 0.6 is 0 Å². The second-order valence-electron chi connectivity index (χ2n) is 4.58. The number of aromatic amines is 1. The number of rotatable bonds is 3. The SMILES string of the molecule is O=C(N/N=C\c1c(F)cccc1F)c1c[nH]c2ccccc12. The lowest BCUT2D eigenvalue weighted by atomic mass is 10.2. The molecule has 2 aromatic carbocycles. The van der Waals surface area contributed by atoms with E-state index in [-0.39, 0.29) is 5.56 Å². The molecule has 4 nitrogen and oxygen atoms in total. The maximum absolute atomic E-state index is 13.4. The van der Waals surface area contributed by atoms with Gasteiger partial charge in [0.1, 0.15) is 11.6 Å². The second-order valence-corrected chi connectivity index (χ2v) is 4.58. The van der Waals surface area contributed by atoms with Crippen molar-refractivity contribution < 1.29 is 13.6 Å². The van der Waals surface area contributed by atoms with Gasteiger partial charge in [-0.3, -0.25) is 4.79 Å². The van der Waals surface area contributed by atoms with E-state index in [0.29, 0.717) is 5.56 Å². The fourth-order valence-corrected chi connectivity index (χ4v) is 2.11. The largest absolute Gasteiger partial charge is 0.360 e. The van der Waals surface area contributed by atoms with Crippen LogP contribution in [0.15, 0.2) is 53.8 Å². The number of benzene rings is 2. The second kappa shape index (κ2) is 5.77. The van der Waals surface area contributed by atoms with Crippen LogP contribution in [0, 0.1) is 11.6 Å². The van der Waals surface area contributed by atoms with E-state index in [4.69, 9.17) is 0 Å². The fourth-order valence-electron chi connectivity index (χ4n) is 2.11. The molecule has 0 aliphatic heterocycles. The zero-order valence-corrected chi connectivity index (χ0v) is 11.3. The van der Waals surface area contributed by atoms with Gasteiger partial charge in [-0.05, 0) is 18.2 Å². The van der Waals surface area contributed by atoms with Gasteiger partial charge in [-0.15, -0.1) is 0 Å². The van der Waals surface area contributed by atoms with Crippen LogP contribution in [-0.4, -0.2) is 17.1 Å². The number of amides is 1. The van der Waals surface area contributed by atoms with Crippen LogP contribution in [0.1, 0.15) is 15.9 Å². The molecule has 1 amide bonds. The number of aromatic nitrogens is 1. The van der Waals surface area contributed by atoms with Gasteiger partial charge in [-0.2, -0.15) is 5.10 Å². The normalized spacial score (nSPS) is 11.2. The lowest BCUT2D eigenvalue weighted by Crippen LogP contribution is -2.17. The van der Waals surface area contributed by atoms with Gasteiger partial charge in [0.2, 0.25) is 0 Å². The molecular weight excluding hydrogens is 288 g/mol. The first-order valence-electron chi connectivity index (χ1n) is 6.50. The number of H-pyrrole nitrogens is 1. The number of hydrazone groups is 1. The monoisotopic (exact) mass is 299 g/mol. The molecule has 0 saturated heterocycles. The van der Waals surface area contributed by atoms with Gasteiger partial charge in [-0.25, -0.2) is 14.2 Å². The predicted octanol–water partition coefficient (Wildman–Crippen LogP) is 3.21. The maximum atomic E-state index is 13.4. The molecule has 1 aromatic heterocycles. The van der Waals surface area contributed by atoms with Crippen LogP contribution in [0.25, 0.3) is 10.9 Å². The zero-order valence-electron chi connectivity index (χ0n) is 11.3. The summed E-state index contributed by atoms with van der Waals surface area (Å²) in [6.07, 6.45) is 2.50. The minimum absolute atomic E-state index is 0.304. The lowest BCUT2D eigenvalue weighted by Gasteiger charge is -2.00. The molecule has 22 heavy (non-hydrogen) atoms. The Bertz CT molecular complexity index is 850. The molecule has 0 fully saturated rings. The van der Waals surface area contributed by atoms with Gasteiger partial charge in [-0.1, -0.05) is 24.3 Å². The molecule has 0 atom stereocenters. The van der Waals surface area contributed by atoms with E-state index in [1.54, 1.807) is 12.3 Å². The van der Waals surface area contributed by atoms with E-state index in [0.717, 1.165) is 29.3 Å². The molecule has 110 valence electrons. The molecule has 2 N–H and O–H groups in total. The minimum Gasteiger partial charge on any atom is -0.360 e. The van der Waals surface area contributed by atoms with E-state index in [1.807, 2.05) is 18.2 Å². The maximum Gasteiger partial charge on any atom is 0.273 e. The van der Waals surface area contributed by atoms with Crippen LogP contribution in [0.4, 0.5) is 8.78 Å². The number of hydrogen-bond acceptors (Lipinski definition) is 2. The van der Waals surface area contributed by atoms with Crippen molar-refractivity contribution in [2.24, 2.45) is 5.10 Å². The van der Waals surface area contributed by atoms with Crippen molar-refractivity contribution in [2.75, 3.05) is 0 Å². The van der Waals surface area contributed by atoms with Crippen LogP contribution in [0.2, 0.25) is 0 Å². The highest BCUT2D eigenvalue weighted by molar-refractivity contribution is 6.06. The van der Waals surface area contributed by atoms with Crippen molar-refractivity contribution in [1.29, 1.82) is 0 Å². The summed E-state index contributed by atoms with van der Waals surface area (Å²) in [7, 11) is 0. The number of carbonyl (C=O) groups is 1. The summed E-state index contributed by atoms with van der Waals surface area (Å²) in [5, 5.41) is 4.35. The first kappa shape index (κ1) is 13.9. The van der Waals surface area contributed by atoms with Crippen LogP contribution in [-0.2, 0) is 0 Å². The molecule has 0 spiro atoms. The van der Waals surface area contributed by atoms with Gasteiger partial charge in [0.25, 0.3) is 5.91 Å². The van der Waals surface area contributed by atoms with Gasteiger partial charge < -0.3 is 4.98 Å². The fraction of sp³-hybridized carbons (Fsp3) is 0. The number of nitrogens with zero attached hydrogens (tertiary/aromatic N) is 1. The molecule has 0 radical (unpaired) electrons. The molecule has 3 rings (SSSR count). The summed E-state index contributed by atoms with van der Waals surface area (Å²) in [5.74, 6) is -1.96. The topological polar surface area (TPSA) is 57.2 Å². The third-order valence-electron chi connectivity index (χ3n) is 3.19. The van der Waals surface area contributed by atoms with Gasteiger partial charge in [0, 0.05) is 17.1 Å². The van der Waals surface area contributed by atoms with E-state index < -0.39 is 17.5 Å². The summed E-state index contributed by atoms with van der Waals surface area (Å²) < 4.78 is 26.8. The molecule has 0 bridgehead atoms. The van der Waals surface area contributed by atoms with Gasteiger partial charge in [0.15, 0.2) is 0 Å². The van der Waals surface area contributed by atoms with Crippen molar-refractivity contribution in [2.45, 2.75) is 0 Å². The third kappa shape index (κ3) is 2.58. The highest BCUT2D eigenvalue weighted by Crippen LogP contribution is 2.17. The molecule has 3 aromatic rings. The Morgan fingerprint density at radius 3 is 2.59 bits per heavy atom. The van der Waals surface area contributed by atoms with Gasteiger partial charge in [0.05, 0.1) is 17.3 Å². The summed E-state index contributed by atoms with van der Waals surface area (Å²) in [6.45, 7) is 0. The first-order chi connectivity index (χ1) is 10.7. The van der Waals surface area contributed by atoms with Crippen molar-refractivity contribution in [3.8, 4) is 0 Å². The Kier molecular flexibility index (Phi) is 3.65. The lowest BCUT2D eigenvalue weighted by molar-refractivity contribution is 0.0957. The van der Waals surface area contributed by atoms with E-state index in [1.165, 1.54) is 6.07 Å². The standard InChI is InChI=1S/C16H11F2N3O/c17-13-5-3-6-14(18)12(13)9-20-21-16(22)11-8-19-15-7-2-1-4-10(11)15/h1-9,19H,(H,21,22)/b20-9-. The third-order valence-corrected chi connectivity index (χ3v) is 3.19. The zero-order chi connectivity index (χ0) is 15.5. The summed E-state index contributed by atoms with van der Waals surface area (Å²) >= 11 is 0. The van der Waals surface area contributed by atoms with Crippen molar-refractivity contribution >= 4 is 23.0 Å². The van der Waals surface area contributed by atoms with Crippen LogP contribution < -0.4 is 5.43 Å². The van der Waals surface area contributed by atoms with E-state index >= 15 is 0 Å². The number of fused-ring (bicyclic) bond motifs is 1. The van der Waals surface area contributed by atoms with Crippen LogP contribution in [0.3, 0.4) is 0 Å². The van der Waals surface area contributed by atoms with Crippen molar-refractivity contribution in [1.82, 2.24) is 10.4 Å². The molecule has 0 saturated carbocycles. The van der Waals surface area contributed by atoms with Gasteiger partial charge >= 0.3 is 0 Å². The average Bonchev–Trinajstić information content (AvgIpc) is 2.94. The van der Waals surface area contributed by atoms with E-state index in [9.17, 15) is 13.6 Å². The summed E-state index contributed by atoms with van der Waals surface area (Å²) in [6, 6.07) is 10.8. The molecule has 0 aliphatic carbocycles. The minimum atomic E-state index is -0.745. The number of nitrogens with one attached hydrogen (secondary N) is 2. The quantitative estimate of drug-likeness (QED) is 0.566. The van der Waals surface area contributed by atoms with Crippen LogP contribution in [0.5, 0.6) is 0 Å². The Hall–Kier alpha value is -3.02. The molecule has 0 aliphatic rings. The summed E-state index contributed by atoms with van der Waals surface area (Å²) in [5.41, 5.74) is 3.17. The highest BCUT2D eigenvalue weighted by Gasteiger charge is 2.11. The first-order valence-corrected chi connectivity index (χ1v) is 6.50. The number of carbonyl (C=O) groups excluding carboxylic acids is 1. The average molecular weight is 299 g/mol. The predicted molar refractivity (Wildman–Crippen MR) is 79.7 cm³/mol. The number of hydrogen-bond donors (Lipinski definition) is 2. The Morgan fingerprint density at radius 2 is 1.82 bits per heavy atom. The number of para-hydroxylation sites is 1. The highest BCUT2D eigenvalue weighted by atomic mass is 19.1. The molecule has 0 unspecified atom stereocenters. The molecule has 1 heterocycles. The summed E-state index contributed by atoms with van der Waals surface area (Å²) in [4.78, 5) is 15.0. The molecule has 6 heteroatoms. The van der Waals surface area contributed by atoms with E-state index in [2.05, 4.69) is 15.5 Å². The smallest absolute Gasteiger partial charge is 0.273 e. The Balaban J connectivity index is 1.79. The Morgan fingerprint density at radius 1 is 1.09 bits per heavy atom. The number of halogens is 2.